The molecule has 0 bridgehead atoms. The number of rotatable bonds is 3. The van der Waals surface area contributed by atoms with E-state index in [2.05, 4.69) is 0 Å². The van der Waals surface area contributed by atoms with Gasteiger partial charge < -0.3 is 9.80 Å². The average molecular weight is 350 g/mol. The summed E-state index contributed by atoms with van der Waals surface area (Å²) in [5.41, 5.74) is 0.799. The number of carbonyl (C=O) groups excluding carboxylic acids is 2. The van der Waals surface area contributed by atoms with Gasteiger partial charge in [-0.2, -0.15) is 0 Å². The van der Waals surface area contributed by atoms with Crippen LogP contribution in [0.25, 0.3) is 10.8 Å². The lowest BCUT2D eigenvalue weighted by Gasteiger charge is -2.36. The third kappa shape index (κ3) is 3.46. The topological polar surface area (TPSA) is 40.6 Å². The molecule has 0 atom stereocenters. The van der Waals surface area contributed by atoms with E-state index < -0.39 is 0 Å². The quantitative estimate of drug-likeness (QED) is 0.847. The van der Waals surface area contributed by atoms with Gasteiger partial charge in [0.1, 0.15) is 0 Å². The minimum absolute atomic E-state index is 0.134. The van der Waals surface area contributed by atoms with Crippen molar-refractivity contribution in [2.75, 3.05) is 26.2 Å². The van der Waals surface area contributed by atoms with Gasteiger partial charge >= 0.3 is 0 Å². The highest BCUT2D eigenvalue weighted by Gasteiger charge is 2.27. The Morgan fingerprint density at radius 2 is 1.73 bits per heavy atom. The molecule has 4 heteroatoms. The van der Waals surface area contributed by atoms with E-state index in [9.17, 15) is 9.59 Å². The smallest absolute Gasteiger partial charge is 0.254 e. The Morgan fingerprint density at radius 3 is 2.54 bits per heavy atom. The molecule has 0 aliphatic carbocycles. The van der Waals surface area contributed by atoms with Crippen LogP contribution < -0.4 is 0 Å². The number of hydrogen-bond acceptors (Lipinski definition) is 2. The highest BCUT2D eigenvalue weighted by molar-refractivity contribution is 6.07. The largest absolute Gasteiger partial charge is 0.342 e. The summed E-state index contributed by atoms with van der Waals surface area (Å²) in [6.07, 6.45) is 4.84. The van der Waals surface area contributed by atoms with E-state index in [1.165, 1.54) is 0 Å². The minimum Gasteiger partial charge on any atom is -0.342 e. The first-order valence-electron chi connectivity index (χ1n) is 9.77. The molecule has 2 saturated heterocycles. The molecule has 26 heavy (non-hydrogen) atoms. The molecule has 2 heterocycles. The maximum absolute atomic E-state index is 13.0. The Labute approximate surface area is 154 Å². The molecule has 2 amide bonds. The van der Waals surface area contributed by atoms with Crippen molar-refractivity contribution in [3.8, 4) is 0 Å². The van der Waals surface area contributed by atoms with Crippen LogP contribution in [0.2, 0.25) is 0 Å². The molecule has 0 saturated carbocycles. The highest BCUT2D eigenvalue weighted by Crippen LogP contribution is 2.25. The average Bonchev–Trinajstić information content (AvgIpc) is 2.69. The van der Waals surface area contributed by atoms with Crippen LogP contribution >= 0.6 is 0 Å². The van der Waals surface area contributed by atoms with Crippen LogP contribution in [0, 0.1) is 5.92 Å². The van der Waals surface area contributed by atoms with Gasteiger partial charge in [0.05, 0.1) is 0 Å². The summed E-state index contributed by atoms with van der Waals surface area (Å²) < 4.78 is 0. The maximum Gasteiger partial charge on any atom is 0.254 e. The molecule has 0 N–H and O–H groups in total. The number of likely N-dealkylation sites (tertiary alicyclic amines) is 2. The Hall–Kier alpha value is -2.36. The summed E-state index contributed by atoms with van der Waals surface area (Å²) in [7, 11) is 0. The van der Waals surface area contributed by atoms with Gasteiger partial charge in [-0.05, 0) is 48.4 Å². The Bertz CT molecular complexity index is 803. The zero-order valence-corrected chi connectivity index (χ0v) is 15.2. The number of benzene rings is 2. The van der Waals surface area contributed by atoms with Crippen molar-refractivity contribution < 1.29 is 9.59 Å². The van der Waals surface area contributed by atoms with Gasteiger partial charge in [-0.25, -0.2) is 0 Å². The summed E-state index contributed by atoms with van der Waals surface area (Å²) in [5, 5.41) is 2.14. The van der Waals surface area contributed by atoms with Crippen molar-refractivity contribution in [2.45, 2.75) is 32.1 Å². The van der Waals surface area contributed by atoms with Gasteiger partial charge in [-0.1, -0.05) is 36.4 Å². The summed E-state index contributed by atoms with van der Waals surface area (Å²) in [5.74, 6) is 0.966. The van der Waals surface area contributed by atoms with E-state index in [1.54, 1.807) is 0 Å². The Balaban J connectivity index is 1.39. The molecule has 0 spiro atoms. The van der Waals surface area contributed by atoms with Crippen LogP contribution in [-0.2, 0) is 4.79 Å². The summed E-state index contributed by atoms with van der Waals surface area (Å²) in [4.78, 5) is 29.1. The lowest BCUT2D eigenvalue weighted by Crippen LogP contribution is -2.44. The second kappa shape index (κ2) is 7.48. The first-order chi connectivity index (χ1) is 12.7. The molecule has 0 radical (unpaired) electrons. The number of nitrogens with zero attached hydrogens (tertiary/aromatic N) is 2. The van der Waals surface area contributed by atoms with Crippen LogP contribution in [0.4, 0.5) is 0 Å². The summed E-state index contributed by atoms with van der Waals surface area (Å²) in [6, 6.07) is 14.0. The van der Waals surface area contributed by atoms with E-state index in [1.807, 2.05) is 52.3 Å². The number of piperidine rings is 2. The molecule has 2 aromatic rings. The van der Waals surface area contributed by atoms with Crippen molar-refractivity contribution in [2.24, 2.45) is 5.92 Å². The van der Waals surface area contributed by atoms with Gasteiger partial charge in [0.15, 0.2) is 0 Å². The van der Waals surface area contributed by atoms with Gasteiger partial charge in [0, 0.05) is 38.2 Å². The molecule has 2 aliphatic rings. The number of hydrogen-bond donors (Lipinski definition) is 0. The van der Waals surface area contributed by atoms with Crippen LogP contribution in [0.1, 0.15) is 42.5 Å². The number of amides is 2. The SMILES string of the molecule is O=C1CCCCN1CC1CCN(C(=O)c2cccc3ccccc23)CC1. The fourth-order valence-electron chi connectivity index (χ4n) is 4.27. The molecule has 4 rings (SSSR count). The molecule has 0 aromatic heterocycles. The maximum atomic E-state index is 13.0. The van der Waals surface area contributed by atoms with Gasteiger partial charge in [-0.3, -0.25) is 9.59 Å². The zero-order valence-electron chi connectivity index (χ0n) is 15.2. The van der Waals surface area contributed by atoms with Crippen LogP contribution in [-0.4, -0.2) is 47.8 Å². The molecule has 2 aromatic carbocycles. The predicted molar refractivity (Wildman–Crippen MR) is 103 cm³/mol. The first-order valence-corrected chi connectivity index (χ1v) is 9.77. The fraction of sp³-hybridized carbons (Fsp3) is 0.455. The molecule has 0 unspecified atom stereocenters. The summed E-state index contributed by atoms with van der Waals surface area (Å²) in [6.45, 7) is 3.35. The Morgan fingerprint density at radius 1 is 0.962 bits per heavy atom. The van der Waals surface area contributed by atoms with Crippen molar-refractivity contribution in [3.05, 3.63) is 48.0 Å². The van der Waals surface area contributed by atoms with E-state index in [-0.39, 0.29) is 5.91 Å². The van der Waals surface area contributed by atoms with Crippen LogP contribution in [0.3, 0.4) is 0 Å². The highest BCUT2D eigenvalue weighted by atomic mass is 16.2. The molecule has 4 nitrogen and oxygen atoms in total. The molecule has 2 aliphatic heterocycles. The first kappa shape index (κ1) is 17.1. The molecular formula is C22H26N2O2. The third-order valence-corrected chi connectivity index (χ3v) is 5.82. The van der Waals surface area contributed by atoms with Crippen LogP contribution in [0.5, 0.6) is 0 Å². The second-order valence-electron chi connectivity index (χ2n) is 7.56. The predicted octanol–water partition coefficient (Wildman–Crippen LogP) is 3.70. The van der Waals surface area contributed by atoms with Crippen molar-refractivity contribution in [1.29, 1.82) is 0 Å². The zero-order chi connectivity index (χ0) is 17.9. The standard InChI is InChI=1S/C22H26N2O2/c25-21-10-3-4-13-24(21)16-17-11-14-23(15-12-17)22(26)20-9-5-7-18-6-1-2-8-19(18)20/h1-2,5-9,17H,3-4,10-16H2. The van der Waals surface area contributed by atoms with E-state index in [4.69, 9.17) is 0 Å². The van der Waals surface area contributed by atoms with Gasteiger partial charge in [-0.15, -0.1) is 0 Å². The second-order valence-corrected chi connectivity index (χ2v) is 7.56. The number of carbonyl (C=O) groups is 2. The third-order valence-electron chi connectivity index (χ3n) is 5.82. The van der Waals surface area contributed by atoms with Gasteiger partial charge in [0.25, 0.3) is 5.91 Å². The monoisotopic (exact) mass is 350 g/mol. The summed E-state index contributed by atoms with van der Waals surface area (Å²) >= 11 is 0. The number of fused-ring (bicyclic) bond motifs is 1. The normalized spacial score (nSPS) is 19.2. The van der Waals surface area contributed by atoms with Crippen molar-refractivity contribution in [1.82, 2.24) is 9.80 Å². The molecule has 2 fully saturated rings. The van der Waals surface area contributed by atoms with Gasteiger partial charge in [0.2, 0.25) is 5.91 Å². The lowest BCUT2D eigenvalue weighted by atomic mass is 9.94. The minimum atomic E-state index is 0.134. The molecular weight excluding hydrogens is 324 g/mol. The Kier molecular flexibility index (Phi) is 4.91. The van der Waals surface area contributed by atoms with Crippen molar-refractivity contribution in [3.63, 3.8) is 0 Å². The fourth-order valence-corrected chi connectivity index (χ4v) is 4.27. The lowest BCUT2D eigenvalue weighted by molar-refractivity contribution is -0.134. The van der Waals surface area contributed by atoms with E-state index in [0.29, 0.717) is 18.2 Å². The molecule has 136 valence electrons. The van der Waals surface area contributed by atoms with Crippen LogP contribution in [0.15, 0.2) is 42.5 Å². The van der Waals surface area contributed by atoms with E-state index in [0.717, 1.165) is 68.2 Å². The van der Waals surface area contributed by atoms with Crippen molar-refractivity contribution >= 4 is 22.6 Å². The van der Waals surface area contributed by atoms with E-state index >= 15 is 0 Å².